The highest BCUT2D eigenvalue weighted by Gasteiger charge is 2.62. The second-order valence-corrected chi connectivity index (χ2v) is 27.5. The monoisotopic (exact) mass is 1010 g/mol. The Morgan fingerprint density at radius 2 is 1.04 bits per heavy atom. The van der Waals surface area contributed by atoms with Crippen molar-refractivity contribution in [3.8, 4) is 5.75 Å². The van der Waals surface area contributed by atoms with Crippen LogP contribution in [0, 0.1) is 87.3 Å². The number of fused-ring (bicyclic) bond motifs is 15. The second kappa shape index (κ2) is 19.5. The van der Waals surface area contributed by atoms with Crippen molar-refractivity contribution >= 4 is 29.7 Å². The molecular weight excluding hydrogens is 925 g/mol. The summed E-state index contributed by atoms with van der Waals surface area (Å²) >= 11 is 0. The van der Waals surface area contributed by atoms with Gasteiger partial charge >= 0.3 is 23.9 Å². The summed E-state index contributed by atoms with van der Waals surface area (Å²) in [4.78, 5) is 65.8. The Kier molecular flexibility index (Phi) is 13.4. The summed E-state index contributed by atoms with van der Waals surface area (Å²) in [5.74, 6) is 7.01. The van der Waals surface area contributed by atoms with Crippen LogP contribution in [0.4, 0.5) is 0 Å². The Balaban J connectivity index is 0.593. The lowest BCUT2D eigenvalue weighted by atomic mass is 9.49. The van der Waals surface area contributed by atoms with Gasteiger partial charge in [0.1, 0.15) is 24.1 Å². The van der Waals surface area contributed by atoms with Gasteiger partial charge in [-0.3, -0.25) is 24.0 Å². The van der Waals surface area contributed by atoms with Crippen molar-refractivity contribution in [2.45, 2.75) is 213 Å². The molecule has 1 aromatic rings. The molecule has 11 unspecified atom stereocenters. The molecule has 9 nitrogen and oxygen atoms in total. The predicted octanol–water partition coefficient (Wildman–Crippen LogP) is 13.5. The molecule has 0 spiro atoms. The molecule has 0 saturated heterocycles. The molecule has 0 N–H and O–H groups in total. The summed E-state index contributed by atoms with van der Waals surface area (Å²) in [6.45, 7) is 16.2. The fourth-order valence-electron chi connectivity index (χ4n) is 20.9. The van der Waals surface area contributed by atoms with Crippen molar-refractivity contribution in [1.29, 1.82) is 0 Å². The summed E-state index contributed by atoms with van der Waals surface area (Å²) in [6, 6.07) is 6.13. The molecule has 19 atom stereocenters. The lowest BCUT2D eigenvalue weighted by Gasteiger charge is -2.56. The summed E-state index contributed by atoms with van der Waals surface area (Å²) in [5, 5.41) is 0. The molecule has 11 aliphatic carbocycles. The number of ether oxygens (including phenoxy) is 4. The molecular formula is C65H86O9. The first-order chi connectivity index (χ1) is 35.5. The second-order valence-electron chi connectivity index (χ2n) is 27.5. The van der Waals surface area contributed by atoms with Crippen LogP contribution in [0.1, 0.15) is 199 Å². The van der Waals surface area contributed by atoms with Gasteiger partial charge in [-0.2, -0.15) is 0 Å². The number of allylic oxidation sites excluding steroid dienone is 4. The average Bonchev–Trinajstić information content (AvgIpc) is 4.00. The number of aryl methyl sites for hydroxylation is 1. The van der Waals surface area contributed by atoms with Crippen molar-refractivity contribution in [3.63, 3.8) is 0 Å². The van der Waals surface area contributed by atoms with Crippen molar-refractivity contribution in [2.24, 2.45) is 87.3 Å². The van der Waals surface area contributed by atoms with Crippen LogP contribution in [0.2, 0.25) is 0 Å². The van der Waals surface area contributed by atoms with E-state index in [1.54, 1.807) is 5.57 Å². The topological polar surface area (TPSA) is 122 Å². The molecule has 400 valence electrons. The third kappa shape index (κ3) is 8.73. The van der Waals surface area contributed by atoms with E-state index in [-0.39, 0.29) is 78.1 Å². The number of carbonyl (C=O) groups is 5. The number of benzene rings is 1. The van der Waals surface area contributed by atoms with Gasteiger partial charge in [0.2, 0.25) is 0 Å². The van der Waals surface area contributed by atoms with E-state index in [0.29, 0.717) is 89.0 Å². The van der Waals surface area contributed by atoms with Crippen LogP contribution in [-0.4, -0.2) is 48.0 Å². The predicted molar refractivity (Wildman–Crippen MR) is 282 cm³/mol. The lowest BCUT2D eigenvalue weighted by molar-refractivity contribution is -0.166. The van der Waals surface area contributed by atoms with Gasteiger partial charge in [-0.05, 0) is 228 Å². The molecule has 8 saturated carbocycles. The van der Waals surface area contributed by atoms with Gasteiger partial charge in [0.25, 0.3) is 0 Å². The molecule has 74 heavy (non-hydrogen) atoms. The lowest BCUT2D eigenvalue weighted by Crippen LogP contribution is -2.51. The first-order valence-electron chi connectivity index (χ1n) is 30.0. The third-order valence-electron chi connectivity index (χ3n) is 23.9. The van der Waals surface area contributed by atoms with E-state index >= 15 is 0 Å². The van der Waals surface area contributed by atoms with E-state index in [1.165, 1.54) is 41.5 Å². The highest BCUT2D eigenvalue weighted by Crippen LogP contribution is 2.67. The first-order valence-corrected chi connectivity index (χ1v) is 30.0. The largest absolute Gasteiger partial charge is 0.462 e. The number of esters is 4. The van der Waals surface area contributed by atoms with Gasteiger partial charge in [-0.15, -0.1) is 0 Å². The van der Waals surface area contributed by atoms with Crippen molar-refractivity contribution < 1.29 is 42.9 Å². The summed E-state index contributed by atoms with van der Waals surface area (Å²) in [6.07, 6.45) is 24.7. The smallest absolute Gasteiger partial charge is 0.311 e. The van der Waals surface area contributed by atoms with Crippen LogP contribution >= 0.6 is 0 Å². The number of ketones is 1. The minimum atomic E-state index is -0.412. The molecule has 0 aliphatic heterocycles. The van der Waals surface area contributed by atoms with Gasteiger partial charge in [-0.25, -0.2) is 0 Å². The fraction of sp³-hybridized carbons (Fsp3) is 0.738. The Labute approximate surface area is 441 Å². The third-order valence-corrected chi connectivity index (χ3v) is 23.9. The molecule has 8 fully saturated rings. The Morgan fingerprint density at radius 3 is 1.62 bits per heavy atom. The zero-order valence-electron chi connectivity index (χ0n) is 45.5. The normalized spacial score (nSPS) is 43.5. The maximum absolute atomic E-state index is 13.5. The van der Waals surface area contributed by atoms with E-state index in [1.807, 2.05) is 18.2 Å². The van der Waals surface area contributed by atoms with E-state index in [9.17, 15) is 24.0 Å². The van der Waals surface area contributed by atoms with E-state index in [2.05, 4.69) is 53.3 Å². The Morgan fingerprint density at radius 1 is 0.541 bits per heavy atom. The highest BCUT2D eigenvalue weighted by atomic mass is 16.6. The highest BCUT2D eigenvalue weighted by molar-refractivity contribution is 5.91. The number of carbonyl (C=O) groups excluding carboxylic acids is 5. The molecule has 0 heterocycles. The number of rotatable bonds is 10. The molecule has 0 bridgehead atoms. The molecule has 0 radical (unpaired) electrons. The first kappa shape index (κ1) is 50.8. The number of hydrogen-bond donors (Lipinski definition) is 0. The Bertz CT molecular complexity index is 2520. The maximum atomic E-state index is 13.5. The van der Waals surface area contributed by atoms with Crippen molar-refractivity contribution in [2.75, 3.05) is 0 Å². The van der Waals surface area contributed by atoms with Crippen LogP contribution in [0.3, 0.4) is 0 Å². The number of hydrogen-bond acceptors (Lipinski definition) is 9. The van der Waals surface area contributed by atoms with E-state index in [0.717, 1.165) is 109 Å². The molecule has 12 rings (SSSR count). The van der Waals surface area contributed by atoms with E-state index in [4.69, 9.17) is 18.9 Å². The van der Waals surface area contributed by atoms with Crippen LogP contribution in [-0.2, 0) is 44.6 Å². The van der Waals surface area contributed by atoms with Crippen molar-refractivity contribution in [3.05, 3.63) is 64.8 Å². The van der Waals surface area contributed by atoms with E-state index < -0.39 is 5.97 Å². The molecule has 9 heteroatoms. The van der Waals surface area contributed by atoms with Crippen LogP contribution in [0.25, 0.3) is 0 Å². The van der Waals surface area contributed by atoms with Gasteiger partial charge in [-0.1, -0.05) is 70.1 Å². The standard InChI is InChI=1S/C65H86O9/c1-36-7-13-45-39(31-36)9-15-49-52-20-23-56(64(52,5)34-37(2)61(45)49)74-60(70)28-27-58(68)72-54-22-19-51-48-14-8-41-33-43(12-18-44(41)47(48)29-30-63(51,54)4)71-57(67)25-26-59(69)73-55-24-21-53-50-16-10-40-32-42(66)11-17-46(40)62(50)38(3)35-65(53,55)6/h12,18,31-33,37-38,45-56,61-62H,1,7-11,13-17,19-30,34-35H2,2-6H3/t37-,38-,45?,46?,47?,48?,49?,50?,51?,52?,53?,54-,55-,56-,61?,62?,63-,64-,65-/m0/s1. The zero-order valence-corrected chi connectivity index (χ0v) is 45.5. The van der Waals surface area contributed by atoms with Gasteiger partial charge in [0.15, 0.2) is 5.78 Å². The zero-order chi connectivity index (χ0) is 51.4. The van der Waals surface area contributed by atoms with Crippen LogP contribution < -0.4 is 4.74 Å². The Hall–Kier alpha value is -4.01. The van der Waals surface area contributed by atoms with Gasteiger partial charge in [0.05, 0.1) is 25.7 Å². The van der Waals surface area contributed by atoms with Crippen LogP contribution in [0.5, 0.6) is 5.75 Å². The van der Waals surface area contributed by atoms with Gasteiger partial charge in [0, 0.05) is 22.7 Å². The van der Waals surface area contributed by atoms with Crippen LogP contribution in [0.15, 0.2) is 53.6 Å². The molecule has 0 aromatic heterocycles. The SMILES string of the molecule is C=C1C=C2CCC3C(C2CC1)[C@@H](C)C[C@@]1(C)C3CC[C@@H]1OC(=O)CCC(=O)O[C@H]1CCC2C3CCc4cc(OC(=O)CCC(=O)O[C@H]5CCC6C7CCC8=CC(=O)CCC8C7[C@@H](C)C[C@@]65C)ccc4C3CC[C@@]21C. The van der Waals surface area contributed by atoms with Crippen molar-refractivity contribution in [1.82, 2.24) is 0 Å². The summed E-state index contributed by atoms with van der Waals surface area (Å²) < 4.78 is 24.8. The van der Waals surface area contributed by atoms with Gasteiger partial charge < -0.3 is 18.9 Å². The summed E-state index contributed by atoms with van der Waals surface area (Å²) in [5.41, 5.74) is 6.75. The maximum Gasteiger partial charge on any atom is 0.311 e. The molecule has 0 amide bonds. The molecule has 1 aromatic carbocycles. The summed E-state index contributed by atoms with van der Waals surface area (Å²) in [7, 11) is 0. The fourth-order valence-corrected chi connectivity index (χ4v) is 20.9. The minimum Gasteiger partial charge on any atom is -0.462 e. The minimum absolute atomic E-state index is 0.00668. The quantitative estimate of drug-likeness (QED) is 0.128. The molecule has 11 aliphatic rings. The average molecular weight is 1010 g/mol.